The van der Waals surface area contributed by atoms with Gasteiger partial charge in [-0.05, 0) is 49.7 Å². The van der Waals surface area contributed by atoms with Crippen LogP contribution >= 0.6 is 11.6 Å². The van der Waals surface area contributed by atoms with Crippen LogP contribution in [0.3, 0.4) is 0 Å². The van der Waals surface area contributed by atoms with E-state index in [2.05, 4.69) is 20.1 Å². The Hall–Kier alpha value is -3.17. The van der Waals surface area contributed by atoms with E-state index in [1.807, 2.05) is 12.1 Å². The van der Waals surface area contributed by atoms with E-state index in [9.17, 15) is 18.8 Å². The largest absolute Gasteiger partial charge is 0.367 e. The molecule has 1 saturated heterocycles. The molecule has 0 radical (unpaired) electrons. The van der Waals surface area contributed by atoms with Crippen LogP contribution in [-0.4, -0.2) is 59.6 Å². The molecule has 0 spiro atoms. The summed E-state index contributed by atoms with van der Waals surface area (Å²) in [7, 11) is 0. The Morgan fingerprint density at radius 2 is 1.80 bits per heavy atom. The zero-order chi connectivity index (χ0) is 24.8. The molecule has 0 unspecified atom stereocenters. The maximum absolute atomic E-state index is 14.0. The number of fused-ring (bicyclic) bond motifs is 1. The number of nitrogens with zero attached hydrogens (tertiary/aromatic N) is 3. The maximum Gasteiger partial charge on any atom is 0.328 e. The number of para-hydroxylation sites is 1. The van der Waals surface area contributed by atoms with Gasteiger partial charge in [0.25, 0.3) is 5.56 Å². The first-order valence-corrected chi connectivity index (χ1v) is 12.2. The smallest absolute Gasteiger partial charge is 0.328 e. The zero-order valence-corrected chi connectivity index (χ0v) is 20.2. The van der Waals surface area contributed by atoms with Crippen LogP contribution in [0.5, 0.6) is 0 Å². The van der Waals surface area contributed by atoms with Crippen LogP contribution in [0, 0.1) is 5.82 Å². The highest BCUT2D eigenvalue weighted by atomic mass is 35.5. The fourth-order valence-corrected chi connectivity index (χ4v) is 4.54. The van der Waals surface area contributed by atoms with E-state index in [1.54, 1.807) is 24.3 Å². The molecule has 2 N–H and O–H groups in total. The van der Waals surface area contributed by atoms with Gasteiger partial charge in [-0.3, -0.25) is 19.1 Å². The number of H-pyrrole nitrogens is 1. The summed E-state index contributed by atoms with van der Waals surface area (Å²) in [5, 5.41) is 3.72. The summed E-state index contributed by atoms with van der Waals surface area (Å²) >= 11 is 5.92. The second-order valence-corrected chi connectivity index (χ2v) is 9.10. The fraction of sp³-hybridized carbons (Fsp3) is 0.400. The summed E-state index contributed by atoms with van der Waals surface area (Å²) in [6.07, 6.45) is 1.43. The lowest BCUT2D eigenvalue weighted by atomic mass is 10.2. The van der Waals surface area contributed by atoms with Crippen LogP contribution in [0.25, 0.3) is 10.9 Å². The normalized spacial score (nSPS) is 14.4. The van der Waals surface area contributed by atoms with Crippen molar-refractivity contribution in [3.8, 4) is 0 Å². The van der Waals surface area contributed by atoms with E-state index in [1.165, 1.54) is 6.07 Å². The van der Waals surface area contributed by atoms with Crippen molar-refractivity contribution in [1.82, 2.24) is 19.8 Å². The fourth-order valence-electron chi connectivity index (χ4n) is 4.37. The molecule has 1 aliphatic rings. The Labute approximate surface area is 207 Å². The van der Waals surface area contributed by atoms with Crippen LogP contribution < -0.4 is 21.5 Å². The Morgan fingerprint density at radius 1 is 1.03 bits per heavy atom. The Bertz CT molecular complexity index is 1300. The third-order valence-electron chi connectivity index (χ3n) is 6.27. The second-order valence-electron chi connectivity index (χ2n) is 8.66. The molecule has 35 heavy (non-hydrogen) atoms. The highest BCUT2D eigenvalue weighted by Gasteiger charge is 2.18. The molecular formula is C25H29ClFN5O3. The quantitative estimate of drug-likeness (QED) is 0.440. The minimum absolute atomic E-state index is 0.105. The molecule has 0 bridgehead atoms. The lowest BCUT2D eigenvalue weighted by Gasteiger charge is -2.36. The number of hydrogen-bond donors (Lipinski definition) is 2. The minimum Gasteiger partial charge on any atom is -0.367 e. The highest BCUT2D eigenvalue weighted by molar-refractivity contribution is 6.31. The first-order valence-electron chi connectivity index (χ1n) is 11.8. The topological polar surface area (TPSA) is 90.4 Å². The van der Waals surface area contributed by atoms with Crippen LogP contribution in [0.15, 0.2) is 52.1 Å². The molecule has 1 aliphatic heterocycles. The van der Waals surface area contributed by atoms with Gasteiger partial charge in [0.2, 0.25) is 5.91 Å². The number of carbonyl (C=O) groups is 1. The number of halogens is 2. The minimum atomic E-state index is -0.514. The lowest BCUT2D eigenvalue weighted by Crippen LogP contribution is -2.47. The van der Waals surface area contributed by atoms with Crippen LogP contribution in [-0.2, 0) is 11.3 Å². The van der Waals surface area contributed by atoms with Gasteiger partial charge in [0.05, 0.1) is 16.6 Å². The standard InChI is InChI=1S/C25H29ClFN5O3/c26-18-8-9-19-21(17-18)29-25(35)32(24(19)34)12-3-7-23(33)28-10-4-11-30-13-15-31(16-14-30)22-6-2-1-5-20(22)27/h1-2,5-6,8-9,17H,3-4,7,10-16H2,(H,28,33)(H,29,35). The van der Waals surface area contributed by atoms with E-state index >= 15 is 0 Å². The van der Waals surface area contributed by atoms with Crippen molar-refractivity contribution in [3.05, 3.63) is 74.1 Å². The SMILES string of the molecule is O=C(CCCn1c(=O)[nH]c2cc(Cl)ccc2c1=O)NCCCN1CCN(c2ccccc2F)CC1. The molecule has 2 heterocycles. The number of aromatic amines is 1. The summed E-state index contributed by atoms with van der Waals surface area (Å²) in [4.78, 5) is 44.1. The second kappa shape index (κ2) is 11.5. The number of amides is 1. The third kappa shape index (κ3) is 6.29. The molecule has 186 valence electrons. The van der Waals surface area contributed by atoms with Crippen molar-refractivity contribution in [1.29, 1.82) is 0 Å². The molecule has 3 aromatic rings. The predicted octanol–water partition coefficient (Wildman–Crippen LogP) is 2.59. The van der Waals surface area contributed by atoms with Gasteiger partial charge in [-0.2, -0.15) is 0 Å². The summed E-state index contributed by atoms with van der Waals surface area (Å²) in [5.74, 6) is -0.296. The van der Waals surface area contributed by atoms with Crippen molar-refractivity contribution in [2.45, 2.75) is 25.8 Å². The first kappa shape index (κ1) is 24.9. The molecule has 2 aromatic carbocycles. The number of anilines is 1. The van der Waals surface area contributed by atoms with Gasteiger partial charge in [0, 0.05) is 50.7 Å². The maximum atomic E-state index is 14.0. The number of rotatable bonds is 9. The van der Waals surface area contributed by atoms with Crippen LogP contribution in [0.2, 0.25) is 5.02 Å². The number of piperazine rings is 1. The number of hydrogen-bond acceptors (Lipinski definition) is 5. The van der Waals surface area contributed by atoms with Gasteiger partial charge >= 0.3 is 5.69 Å². The van der Waals surface area contributed by atoms with Crippen molar-refractivity contribution in [3.63, 3.8) is 0 Å². The zero-order valence-electron chi connectivity index (χ0n) is 19.4. The van der Waals surface area contributed by atoms with Gasteiger partial charge in [0.15, 0.2) is 0 Å². The third-order valence-corrected chi connectivity index (χ3v) is 6.50. The number of aromatic nitrogens is 2. The van der Waals surface area contributed by atoms with Gasteiger partial charge in [-0.15, -0.1) is 0 Å². The molecule has 0 saturated carbocycles. The van der Waals surface area contributed by atoms with E-state index in [0.717, 1.165) is 43.7 Å². The summed E-state index contributed by atoms with van der Waals surface area (Å²) in [6.45, 7) is 4.82. The molecule has 8 nitrogen and oxygen atoms in total. The first-order chi connectivity index (χ1) is 16.9. The molecule has 1 fully saturated rings. The molecular weight excluding hydrogens is 473 g/mol. The van der Waals surface area contributed by atoms with E-state index in [0.29, 0.717) is 34.6 Å². The Morgan fingerprint density at radius 3 is 2.57 bits per heavy atom. The molecule has 0 aliphatic carbocycles. The number of carbonyl (C=O) groups excluding carboxylic acids is 1. The van der Waals surface area contributed by atoms with E-state index < -0.39 is 11.2 Å². The van der Waals surface area contributed by atoms with Crippen molar-refractivity contribution >= 4 is 34.1 Å². The molecule has 0 atom stereocenters. The van der Waals surface area contributed by atoms with Crippen molar-refractivity contribution < 1.29 is 9.18 Å². The Balaban J connectivity index is 1.15. The van der Waals surface area contributed by atoms with E-state index in [-0.39, 0.29) is 24.7 Å². The molecule has 1 amide bonds. The number of nitrogens with one attached hydrogen (secondary N) is 2. The molecule has 4 rings (SSSR count). The molecule has 10 heteroatoms. The van der Waals surface area contributed by atoms with Crippen LogP contribution in [0.1, 0.15) is 19.3 Å². The summed E-state index contributed by atoms with van der Waals surface area (Å²) < 4.78 is 15.1. The molecule has 1 aromatic heterocycles. The van der Waals surface area contributed by atoms with Crippen molar-refractivity contribution in [2.24, 2.45) is 0 Å². The van der Waals surface area contributed by atoms with E-state index in [4.69, 9.17) is 11.6 Å². The van der Waals surface area contributed by atoms with Crippen LogP contribution in [0.4, 0.5) is 10.1 Å². The summed E-state index contributed by atoms with van der Waals surface area (Å²) in [6, 6.07) is 11.6. The van der Waals surface area contributed by atoms with Crippen molar-refractivity contribution in [2.75, 3.05) is 44.2 Å². The van der Waals surface area contributed by atoms with Gasteiger partial charge in [-0.25, -0.2) is 9.18 Å². The average molecular weight is 502 g/mol. The number of benzene rings is 2. The predicted molar refractivity (Wildman–Crippen MR) is 136 cm³/mol. The monoisotopic (exact) mass is 501 g/mol. The van der Waals surface area contributed by atoms with Gasteiger partial charge in [0.1, 0.15) is 5.82 Å². The van der Waals surface area contributed by atoms with Gasteiger partial charge in [-0.1, -0.05) is 23.7 Å². The highest BCUT2D eigenvalue weighted by Crippen LogP contribution is 2.20. The van der Waals surface area contributed by atoms with Gasteiger partial charge < -0.3 is 15.2 Å². The average Bonchev–Trinajstić information content (AvgIpc) is 2.84. The lowest BCUT2D eigenvalue weighted by molar-refractivity contribution is -0.121. The Kier molecular flexibility index (Phi) is 8.20. The summed E-state index contributed by atoms with van der Waals surface area (Å²) in [5.41, 5.74) is 0.142.